The molecule has 1 radical (unpaired) electrons. The van der Waals surface area contributed by atoms with Crippen molar-refractivity contribution < 1.29 is 19.2 Å². The summed E-state index contributed by atoms with van der Waals surface area (Å²) in [5, 5.41) is 0. The Kier molecular flexibility index (Phi) is 3.63. The third-order valence-electron chi connectivity index (χ3n) is 4.82. The first-order valence-corrected chi connectivity index (χ1v) is 7.60. The van der Waals surface area contributed by atoms with Gasteiger partial charge in [0, 0.05) is 19.4 Å². The standard InChI is InChI=1S/C15H25O4/c1-4-10-16-13-15-8-5-6-11(2)12(15)7-9-14(3,17-13)18-19-15/h8,11-13H,4-7,9-10H2,1-3H3/t11-,12?,13-,14+,15+/m1/s1. The first kappa shape index (κ1) is 13.8. The molecular formula is C15H25O4. The van der Waals surface area contributed by atoms with E-state index < -0.39 is 11.4 Å². The first-order valence-electron chi connectivity index (χ1n) is 7.60. The Bertz CT molecular complexity index is 334. The summed E-state index contributed by atoms with van der Waals surface area (Å²) < 4.78 is 12.1. The molecule has 4 nitrogen and oxygen atoms in total. The van der Waals surface area contributed by atoms with E-state index in [9.17, 15) is 0 Å². The van der Waals surface area contributed by atoms with Crippen molar-refractivity contribution in [1.82, 2.24) is 0 Å². The molecule has 4 aliphatic rings. The monoisotopic (exact) mass is 269 g/mol. The van der Waals surface area contributed by atoms with Crippen molar-refractivity contribution >= 4 is 0 Å². The molecule has 0 aromatic rings. The lowest BCUT2D eigenvalue weighted by Gasteiger charge is -2.50. The van der Waals surface area contributed by atoms with Gasteiger partial charge in [-0.05, 0) is 44.4 Å². The molecular weight excluding hydrogens is 244 g/mol. The van der Waals surface area contributed by atoms with Crippen LogP contribution in [0.4, 0.5) is 0 Å². The summed E-state index contributed by atoms with van der Waals surface area (Å²) in [6, 6.07) is 0. The average Bonchev–Trinajstić information content (AvgIpc) is 2.62. The van der Waals surface area contributed by atoms with Crippen molar-refractivity contribution in [2.45, 2.75) is 70.6 Å². The van der Waals surface area contributed by atoms with Crippen LogP contribution in [0.15, 0.2) is 0 Å². The second kappa shape index (κ2) is 4.99. The largest absolute Gasteiger partial charge is 0.349 e. The Morgan fingerprint density at radius 1 is 1.32 bits per heavy atom. The fraction of sp³-hybridized carbons (Fsp3) is 0.933. The van der Waals surface area contributed by atoms with E-state index in [1.807, 2.05) is 6.92 Å². The molecule has 0 aromatic heterocycles. The maximum absolute atomic E-state index is 6.11. The van der Waals surface area contributed by atoms with Gasteiger partial charge in [-0.25, -0.2) is 9.78 Å². The summed E-state index contributed by atoms with van der Waals surface area (Å²) in [6.45, 7) is 7.06. The minimum Gasteiger partial charge on any atom is -0.349 e. The molecule has 0 aromatic carbocycles. The third-order valence-corrected chi connectivity index (χ3v) is 4.82. The molecule has 1 saturated carbocycles. The van der Waals surface area contributed by atoms with Gasteiger partial charge in [-0.1, -0.05) is 13.8 Å². The molecule has 5 atom stereocenters. The molecule has 4 rings (SSSR count). The van der Waals surface area contributed by atoms with Crippen LogP contribution >= 0.6 is 0 Å². The van der Waals surface area contributed by atoms with Crippen LogP contribution in [0.5, 0.6) is 0 Å². The minimum atomic E-state index is -0.658. The maximum atomic E-state index is 6.11. The molecule has 1 unspecified atom stereocenters. The van der Waals surface area contributed by atoms with Crippen molar-refractivity contribution in [1.29, 1.82) is 0 Å². The second-order valence-corrected chi connectivity index (χ2v) is 6.38. The normalized spacial score (nSPS) is 49.7. The van der Waals surface area contributed by atoms with Gasteiger partial charge in [0.2, 0.25) is 5.79 Å². The quantitative estimate of drug-likeness (QED) is 0.737. The van der Waals surface area contributed by atoms with Crippen LogP contribution in [0.1, 0.15) is 52.9 Å². The highest BCUT2D eigenvalue weighted by atomic mass is 17.3. The molecule has 109 valence electrons. The predicted molar refractivity (Wildman–Crippen MR) is 69.8 cm³/mol. The van der Waals surface area contributed by atoms with Gasteiger partial charge in [-0.15, -0.1) is 0 Å². The fourth-order valence-corrected chi connectivity index (χ4v) is 3.69. The van der Waals surface area contributed by atoms with E-state index in [0.717, 1.165) is 25.7 Å². The highest BCUT2D eigenvalue weighted by Crippen LogP contribution is 2.53. The van der Waals surface area contributed by atoms with Gasteiger partial charge in [0.1, 0.15) is 0 Å². The van der Waals surface area contributed by atoms with E-state index in [-0.39, 0.29) is 6.29 Å². The lowest BCUT2D eigenvalue weighted by Crippen LogP contribution is -2.61. The van der Waals surface area contributed by atoms with Crippen molar-refractivity contribution in [2.24, 2.45) is 11.8 Å². The summed E-state index contributed by atoms with van der Waals surface area (Å²) in [6.07, 6.45) is 7.06. The zero-order chi connectivity index (χ0) is 13.5. The predicted octanol–water partition coefficient (Wildman–Crippen LogP) is 3.22. The van der Waals surface area contributed by atoms with Crippen LogP contribution in [0, 0.1) is 18.3 Å². The van der Waals surface area contributed by atoms with Crippen molar-refractivity contribution in [3.05, 3.63) is 6.42 Å². The smallest absolute Gasteiger partial charge is 0.201 e. The highest BCUT2D eigenvalue weighted by molar-refractivity contribution is 5.09. The van der Waals surface area contributed by atoms with Gasteiger partial charge in [-0.2, -0.15) is 0 Å². The maximum Gasteiger partial charge on any atom is 0.201 e. The summed E-state index contributed by atoms with van der Waals surface area (Å²) in [7, 11) is 0. The van der Waals surface area contributed by atoms with Gasteiger partial charge in [0.25, 0.3) is 0 Å². The van der Waals surface area contributed by atoms with Crippen LogP contribution in [0.2, 0.25) is 0 Å². The molecule has 2 bridgehead atoms. The molecule has 3 heterocycles. The molecule has 0 N–H and O–H groups in total. The Labute approximate surface area is 115 Å². The summed E-state index contributed by atoms with van der Waals surface area (Å²) in [5.41, 5.74) is -0.511. The molecule has 19 heavy (non-hydrogen) atoms. The van der Waals surface area contributed by atoms with Gasteiger partial charge >= 0.3 is 0 Å². The van der Waals surface area contributed by atoms with E-state index >= 15 is 0 Å². The van der Waals surface area contributed by atoms with E-state index in [1.165, 1.54) is 6.42 Å². The van der Waals surface area contributed by atoms with Crippen LogP contribution in [-0.4, -0.2) is 24.3 Å². The Hall–Kier alpha value is -0.160. The molecule has 4 fully saturated rings. The van der Waals surface area contributed by atoms with E-state index in [2.05, 4.69) is 20.3 Å². The number of hydrogen-bond acceptors (Lipinski definition) is 4. The van der Waals surface area contributed by atoms with Crippen LogP contribution in [0.25, 0.3) is 0 Å². The summed E-state index contributed by atoms with van der Waals surface area (Å²) >= 11 is 0. The molecule has 1 aliphatic carbocycles. The second-order valence-electron chi connectivity index (χ2n) is 6.38. The van der Waals surface area contributed by atoms with Crippen molar-refractivity contribution in [3.63, 3.8) is 0 Å². The van der Waals surface area contributed by atoms with E-state index in [4.69, 9.17) is 19.2 Å². The lowest BCUT2D eigenvalue weighted by atomic mass is 9.67. The lowest BCUT2D eigenvalue weighted by molar-refractivity contribution is -0.542. The van der Waals surface area contributed by atoms with Crippen molar-refractivity contribution in [2.75, 3.05) is 6.61 Å². The summed E-state index contributed by atoms with van der Waals surface area (Å²) in [5.74, 6) is 0.381. The number of rotatable bonds is 3. The SMILES string of the molecule is CCCO[C@@H]1O[C@]2(C)CCC3[C@H](C)CC[CH][C@]31OO2. The topological polar surface area (TPSA) is 36.9 Å². The van der Waals surface area contributed by atoms with Gasteiger partial charge in [0.05, 0.1) is 0 Å². The summed E-state index contributed by atoms with van der Waals surface area (Å²) in [4.78, 5) is 11.4. The van der Waals surface area contributed by atoms with Crippen LogP contribution < -0.4 is 0 Å². The Balaban J connectivity index is 1.90. The number of hydrogen-bond donors (Lipinski definition) is 0. The average molecular weight is 269 g/mol. The molecule has 4 heteroatoms. The molecule has 0 amide bonds. The zero-order valence-electron chi connectivity index (χ0n) is 12.2. The Morgan fingerprint density at radius 2 is 2.16 bits per heavy atom. The fourth-order valence-electron chi connectivity index (χ4n) is 3.69. The molecule has 3 saturated heterocycles. The Morgan fingerprint density at radius 3 is 2.95 bits per heavy atom. The van der Waals surface area contributed by atoms with Gasteiger partial charge < -0.3 is 9.47 Å². The van der Waals surface area contributed by atoms with Crippen molar-refractivity contribution in [3.8, 4) is 0 Å². The van der Waals surface area contributed by atoms with Gasteiger partial charge in [0.15, 0.2) is 11.9 Å². The third kappa shape index (κ3) is 2.23. The number of ether oxygens (including phenoxy) is 2. The van der Waals surface area contributed by atoms with Crippen LogP contribution in [-0.2, 0) is 19.2 Å². The molecule has 3 aliphatic heterocycles. The first-order chi connectivity index (χ1) is 9.10. The molecule has 1 spiro atoms. The zero-order valence-corrected chi connectivity index (χ0v) is 12.2. The van der Waals surface area contributed by atoms with E-state index in [0.29, 0.717) is 18.4 Å². The minimum absolute atomic E-state index is 0.332. The highest BCUT2D eigenvalue weighted by Gasteiger charge is 2.61. The van der Waals surface area contributed by atoms with Gasteiger partial charge in [-0.3, -0.25) is 0 Å². The number of fused-ring (bicyclic) bond motifs is 3. The van der Waals surface area contributed by atoms with E-state index in [1.54, 1.807) is 0 Å². The van der Waals surface area contributed by atoms with Crippen LogP contribution in [0.3, 0.4) is 0 Å².